The SMILES string of the molecule is COc1ccc(F)c(-c2ccc3c(c2)CC[C@H]3Oc2cccc([C@H](C3CC3)[C@H](C)C(=O)O)c2)c1. The van der Waals surface area contributed by atoms with Gasteiger partial charge < -0.3 is 14.6 Å². The first-order valence-electron chi connectivity index (χ1n) is 11.9. The van der Waals surface area contributed by atoms with E-state index in [1.807, 2.05) is 42.5 Å². The lowest BCUT2D eigenvalue weighted by Crippen LogP contribution is -2.20. The van der Waals surface area contributed by atoms with Gasteiger partial charge in [-0.05, 0) is 90.1 Å². The molecule has 1 N–H and O–H groups in total. The fraction of sp³-hybridized carbons (Fsp3) is 0.345. The highest BCUT2D eigenvalue weighted by atomic mass is 19.1. The predicted molar refractivity (Wildman–Crippen MR) is 129 cm³/mol. The molecule has 2 aliphatic carbocycles. The summed E-state index contributed by atoms with van der Waals surface area (Å²) in [6.07, 6.45) is 3.80. The molecule has 3 aromatic carbocycles. The highest BCUT2D eigenvalue weighted by molar-refractivity contribution is 5.71. The van der Waals surface area contributed by atoms with Crippen molar-refractivity contribution in [3.8, 4) is 22.6 Å². The zero-order valence-electron chi connectivity index (χ0n) is 19.5. The van der Waals surface area contributed by atoms with Gasteiger partial charge >= 0.3 is 5.97 Å². The number of halogens is 1. The first-order chi connectivity index (χ1) is 16.4. The highest BCUT2D eigenvalue weighted by Crippen LogP contribution is 2.47. The Bertz CT molecular complexity index is 1220. The van der Waals surface area contributed by atoms with Crippen molar-refractivity contribution in [2.75, 3.05) is 7.11 Å². The topological polar surface area (TPSA) is 55.8 Å². The standard InChI is InChI=1S/C29H29FO4/c1-17(29(31)32)28(18-6-7-18)21-4-3-5-23(15-21)34-27-13-9-19-14-20(8-11-24(19)27)25-16-22(33-2)10-12-26(25)30/h3-5,8,10-12,14-18,27-28H,6-7,9,13H2,1-2H3,(H,31,32)/t17-,27+,28-/m0/s1. The summed E-state index contributed by atoms with van der Waals surface area (Å²) < 4.78 is 26.1. The Hall–Kier alpha value is -3.34. The zero-order valence-corrected chi connectivity index (χ0v) is 19.5. The maximum atomic E-state index is 14.5. The number of methoxy groups -OCH3 is 1. The summed E-state index contributed by atoms with van der Waals surface area (Å²) in [5.41, 5.74) is 4.67. The third kappa shape index (κ3) is 4.39. The van der Waals surface area contributed by atoms with Gasteiger partial charge in [-0.2, -0.15) is 0 Å². The van der Waals surface area contributed by atoms with E-state index in [1.54, 1.807) is 26.2 Å². The number of hydrogen-bond acceptors (Lipinski definition) is 3. The molecule has 1 saturated carbocycles. The van der Waals surface area contributed by atoms with Crippen LogP contribution in [0.2, 0.25) is 0 Å². The van der Waals surface area contributed by atoms with E-state index >= 15 is 0 Å². The van der Waals surface area contributed by atoms with Crippen molar-refractivity contribution >= 4 is 5.97 Å². The molecule has 5 rings (SSSR count). The molecule has 4 nitrogen and oxygen atoms in total. The summed E-state index contributed by atoms with van der Waals surface area (Å²) >= 11 is 0. The van der Waals surface area contributed by atoms with E-state index < -0.39 is 11.9 Å². The number of benzene rings is 3. The summed E-state index contributed by atoms with van der Waals surface area (Å²) in [5, 5.41) is 9.59. The van der Waals surface area contributed by atoms with Gasteiger partial charge in [0.05, 0.1) is 13.0 Å². The molecule has 1 fully saturated rings. The lowest BCUT2D eigenvalue weighted by atomic mass is 9.83. The van der Waals surface area contributed by atoms with E-state index in [0.29, 0.717) is 17.2 Å². The smallest absolute Gasteiger partial charge is 0.306 e. The van der Waals surface area contributed by atoms with E-state index in [-0.39, 0.29) is 17.8 Å². The van der Waals surface area contributed by atoms with Crippen LogP contribution in [0.15, 0.2) is 60.7 Å². The molecule has 0 radical (unpaired) electrons. The van der Waals surface area contributed by atoms with Gasteiger partial charge in [0.15, 0.2) is 0 Å². The van der Waals surface area contributed by atoms with Crippen molar-refractivity contribution in [1.29, 1.82) is 0 Å². The number of ether oxygens (including phenoxy) is 2. The van der Waals surface area contributed by atoms with E-state index in [0.717, 1.165) is 53.7 Å². The minimum atomic E-state index is -0.754. The summed E-state index contributed by atoms with van der Waals surface area (Å²) in [6.45, 7) is 1.80. The van der Waals surface area contributed by atoms with Crippen LogP contribution in [-0.2, 0) is 11.2 Å². The second-order valence-electron chi connectivity index (χ2n) is 9.47. The molecule has 0 amide bonds. The number of carboxylic acids is 1. The maximum Gasteiger partial charge on any atom is 0.306 e. The number of carboxylic acid groups (broad SMARTS) is 1. The number of aryl methyl sites for hydroxylation is 1. The average Bonchev–Trinajstić information content (AvgIpc) is 3.60. The van der Waals surface area contributed by atoms with Crippen molar-refractivity contribution in [3.05, 3.63) is 83.2 Å². The predicted octanol–water partition coefficient (Wildman–Crippen LogP) is 6.78. The molecule has 5 heteroatoms. The van der Waals surface area contributed by atoms with Crippen molar-refractivity contribution < 1.29 is 23.8 Å². The van der Waals surface area contributed by atoms with Crippen LogP contribution in [0.5, 0.6) is 11.5 Å². The van der Waals surface area contributed by atoms with Crippen LogP contribution in [0.25, 0.3) is 11.1 Å². The molecule has 0 saturated heterocycles. The lowest BCUT2D eigenvalue weighted by molar-refractivity contribution is -0.142. The number of rotatable bonds is 8. The van der Waals surface area contributed by atoms with Crippen molar-refractivity contribution in [3.63, 3.8) is 0 Å². The summed E-state index contributed by atoms with van der Waals surface area (Å²) in [5.74, 6) is 0.383. The molecule has 34 heavy (non-hydrogen) atoms. The second kappa shape index (κ2) is 9.13. The third-order valence-corrected chi connectivity index (χ3v) is 7.23. The Morgan fingerprint density at radius 1 is 1.03 bits per heavy atom. The van der Waals surface area contributed by atoms with Gasteiger partial charge in [0.2, 0.25) is 0 Å². The fourth-order valence-electron chi connectivity index (χ4n) is 5.26. The van der Waals surface area contributed by atoms with Gasteiger partial charge in [-0.1, -0.05) is 37.3 Å². The molecule has 0 aromatic heterocycles. The molecule has 2 aliphatic rings. The normalized spacial score (nSPS) is 18.7. The van der Waals surface area contributed by atoms with Crippen LogP contribution in [0.1, 0.15) is 54.9 Å². The summed E-state index contributed by atoms with van der Waals surface area (Å²) in [4.78, 5) is 11.7. The zero-order chi connectivity index (χ0) is 23.8. The third-order valence-electron chi connectivity index (χ3n) is 7.23. The Morgan fingerprint density at radius 3 is 2.59 bits per heavy atom. The molecule has 0 aliphatic heterocycles. The first-order valence-corrected chi connectivity index (χ1v) is 11.9. The van der Waals surface area contributed by atoms with Crippen LogP contribution < -0.4 is 9.47 Å². The van der Waals surface area contributed by atoms with Gasteiger partial charge in [-0.15, -0.1) is 0 Å². The molecule has 0 unspecified atom stereocenters. The van der Waals surface area contributed by atoms with Crippen molar-refractivity contribution in [2.45, 2.75) is 44.6 Å². The lowest BCUT2D eigenvalue weighted by Gasteiger charge is -2.22. The van der Waals surface area contributed by atoms with Crippen molar-refractivity contribution in [1.82, 2.24) is 0 Å². The summed E-state index contributed by atoms with van der Waals surface area (Å²) in [7, 11) is 1.58. The quantitative estimate of drug-likeness (QED) is 0.402. The molecule has 0 heterocycles. The number of aliphatic carboxylic acids is 1. The average molecular weight is 461 g/mol. The van der Waals surface area contributed by atoms with E-state index in [4.69, 9.17) is 9.47 Å². The number of fused-ring (bicyclic) bond motifs is 1. The van der Waals surface area contributed by atoms with Crippen LogP contribution in [0.4, 0.5) is 4.39 Å². The van der Waals surface area contributed by atoms with Crippen molar-refractivity contribution in [2.24, 2.45) is 11.8 Å². The Morgan fingerprint density at radius 2 is 1.85 bits per heavy atom. The van der Waals surface area contributed by atoms with Gasteiger partial charge in [0.1, 0.15) is 23.4 Å². The second-order valence-corrected chi connectivity index (χ2v) is 9.47. The minimum Gasteiger partial charge on any atom is -0.497 e. The number of hydrogen-bond donors (Lipinski definition) is 1. The Balaban J connectivity index is 1.37. The summed E-state index contributed by atoms with van der Waals surface area (Å²) in [6, 6.07) is 18.7. The molecule has 3 atom stereocenters. The van der Waals surface area contributed by atoms with E-state index in [9.17, 15) is 14.3 Å². The molecule has 0 bridgehead atoms. The van der Waals surface area contributed by atoms with Gasteiger partial charge in [-0.25, -0.2) is 4.39 Å². The van der Waals surface area contributed by atoms with Gasteiger partial charge in [0.25, 0.3) is 0 Å². The van der Waals surface area contributed by atoms with Gasteiger partial charge in [0, 0.05) is 5.56 Å². The Kier molecular flexibility index (Phi) is 6.03. The molecular formula is C29H29FO4. The fourth-order valence-corrected chi connectivity index (χ4v) is 5.26. The number of carbonyl (C=O) groups is 1. The molecule has 0 spiro atoms. The van der Waals surface area contributed by atoms with E-state index in [1.165, 1.54) is 6.07 Å². The molecule has 176 valence electrons. The maximum absolute atomic E-state index is 14.5. The highest BCUT2D eigenvalue weighted by Gasteiger charge is 2.38. The molecule has 3 aromatic rings. The largest absolute Gasteiger partial charge is 0.497 e. The van der Waals surface area contributed by atoms with Crippen LogP contribution in [0.3, 0.4) is 0 Å². The monoisotopic (exact) mass is 460 g/mol. The van der Waals surface area contributed by atoms with Gasteiger partial charge in [-0.3, -0.25) is 4.79 Å². The van der Waals surface area contributed by atoms with E-state index in [2.05, 4.69) is 0 Å². The van der Waals surface area contributed by atoms with Crippen LogP contribution in [0, 0.1) is 17.7 Å². The molecular weight excluding hydrogens is 431 g/mol. The Labute approximate surface area is 199 Å². The van der Waals surface area contributed by atoms with Crippen LogP contribution in [-0.4, -0.2) is 18.2 Å². The van der Waals surface area contributed by atoms with Crippen LogP contribution >= 0.6 is 0 Å². The minimum absolute atomic E-state index is 0.0113. The first kappa shape index (κ1) is 22.5.